The molecule has 0 saturated heterocycles. The Kier molecular flexibility index (Phi) is 5.05. The van der Waals surface area contributed by atoms with Gasteiger partial charge in [-0.05, 0) is 42.3 Å². The number of hydrogen-bond donors (Lipinski definition) is 3. The van der Waals surface area contributed by atoms with Gasteiger partial charge in [-0.1, -0.05) is 29.8 Å². The van der Waals surface area contributed by atoms with Crippen molar-refractivity contribution in [3.8, 4) is 0 Å². The summed E-state index contributed by atoms with van der Waals surface area (Å²) in [5.74, 6) is 0.357. The average Bonchev–Trinajstić information content (AvgIpc) is 2.62. The first-order valence-corrected chi connectivity index (χ1v) is 8.28. The summed E-state index contributed by atoms with van der Waals surface area (Å²) in [4.78, 5) is 9.05. The number of nitrogens with zero attached hydrogens (tertiary/aromatic N) is 2. The van der Waals surface area contributed by atoms with E-state index in [1.807, 2.05) is 49.4 Å². The van der Waals surface area contributed by atoms with Crippen LogP contribution in [0.5, 0.6) is 0 Å². The fourth-order valence-electron chi connectivity index (χ4n) is 2.63. The van der Waals surface area contributed by atoms with Crippen LogP contribution in [0.15, 0.2) is 48.7 Å². The Morgan fingerprint density at radius 3 is 2.56 bits per heavy atom. The van der Waals surface area contributed by atoms with E-state index in [1.54, 1.807) is 6.20 Å². The van der Waals surface area contributed by atoms with Gasteiger partial charge in [-0.2, -0.15) is 0 Å². The Morgan fingerprint density at radius 1 is 1.04 bits per heavy atom. The summed E-state index contributed by atoms with van der Waals surface area (Å²) >= 11 is 6.05. The van der Waals surface area contributed by atoms with E-state index in [9.17, 15) is 0 Å². The third-order valence-electron chi connectivity index (χ3n) is 4.02. The Bertz CT molecular complexity index is 917. The first kappa shape index (κ1) is 17.0. The van der Waals surface area contributed by atoms with Crippen LogP contribution in [0.4, 0.5) is 5.82 Å². The van der Waals surface area contributed by atoms with Gasteiger partial charge >= 0.3 is 0 Å². The molecule has 0 spiro atoms. The molecule has 1 atom stereocenters. The monoisotopic (exact) mass is 351 g/mol. The summed E-state index contributed by atoms with van der Waals surface area (Å²) in [6, 6.07) is 13.4. The number of benzene rings is 2. The van der Waals surface area contributed by atoms with Gasteiger partial charge in [0, 0.05) is 17.5 Å². The third kappa shape index (κ3) is 3.83. The molecular formula is C19H18ClN5. The Balaban J connectivity index is 1.85. The van der Waals surface area contributed by atoms with Crippen molar-refractivity contribution in [1.29, 1.82) is 10.8 Å². The van der Waals surface area contributed by atoms with Crippen LogP contribution < -0.4 is 5.32 Å². The topological polar surface area (TPSA) is 85.5 Å². The predicted molar refractivity (Wildman–Crippen MR) is 103 cm³/mol. The number of hydrogen-bond acceptors (Lipinski definition) is 5. The minimum absolute atomic E-state index is 0.0462. The summed E-state index contributed by atoms with van der Waals surface area (Å²) in [5, 5.41) is 18.8. The largest absolute Gasteiger partial charge is 0.362 e. The van der Waals surface area contributed by atoms with E-state index in [-0.39, 0.29) is 12.0 Å². The molecule has 0 radical (unpaired) electrons. The maximum absolute atomic E-state index is 7.38. The highest BCUT2D eigenvalue weighted by Gasteiger charge is 2.10. The molecule has 0 aliphatic heterocycles. The smallest absolute Gasteiger partial charge is 0.145 e. The molecule has 25 heavy (non-hydrogen) atoms. The van der Waals surface area contributed by atoms with Crippen molar-refractivity contribution in [3.63, 3.8) is 0 Å². The molecule has 2 aromatic carbocycles. The van der Waals surface area contributed by atoms with Gasteiger partial charge in [0.15, 0.2) is 0 Å². The van der Waals surface area contributed by atoms with Crippen LogP contribution in [0.3, 0.4) is 0 Å². The molecule has 0 amide bonds. The number of halogens is 1. The molecule has 6 heteroatoms. The van der Waals surface area contributed by atoms with E-state index in [4.69, 9.17) is 22.4 Å². The molecule has 5 nitrogen and oxygen atoms in total. The molecule has 1 aromatic heterocycles. The normalized spacial score (nSPS) is 13.2. The Hall–Kier alpha value is -2.79. The molecule has 0 bridgehead atoms. The zero-order valence-electron chi connectivity index (χ0n) is 13.7. The van der Waals surface area contributed by atoms with E-state index in [1.165, 1.54) is 12.4 Å². The Labute approximate surface area is 151 Å². The SMILES string of the molecule is CC(Nc1cnc2cc(C(C=N)C=N)ccc2n1)c1cccc(Cl)c1. The van der Waals surface area contributed by atoms with Crippen LogP contribution in [0, 0.1) is 10.8 Å². The van der Waals surface area contributed by atoms with Gasteiger partial charge in [-0.25, -0.2) is 4.98 Å². The van der Waals surface area contributed by atoms with Crippen molar-refractivity contribution in [3.05, 3.63) is 64.8 Å². The van der Waals surface area contributed by atoms with Crippen molar-refractivity contribution in [2.45, 2.75) is 18.9 Å². The molecule has 1 heterocycles. The highest BCUT2D eigenvalue weighted by atomic mass is 35.5. The van der Waals surface area contributed by atoms with Gasteiger partial charge in [-0.15, -0.1) is 0 Å². The second kappa shape index (κ2) is 7.40. The van der Waals surface area contributed by atoms with Gasteiger partial charge in [-0.3, -0.25) is 4.98 Å². The summed E-state index contributed by atoms with van der Waals surface area (Å²) < 4.78 is 0. The van der Waals surface area contributed by atoms with Crippen molar-refractivity contribution >= 4 is 40.9 Å². The van der Waals surface area contributed by atoms with Crippen molar-refractivity contribution < 1.29 is 0 Å². The molecule has 0 fully saturated rings. The molecule has 1 unspecified atom stereocenters. The molecule has 0 saturated carbocycles. The van der Waals surface area contributed by atoms with Gasteiger partial charge in [0.1, 0.15) is 5.82 Å². The van der Waals surface area contributed by atoms with Gasteiger partial charge in [0.05, 0.1) is 29.2 Å². The zero-order chi connectivity index (χ0) is 17.8. The van der Waals surface area contributed by atoms with Crippen LogP contribution in [-0.4, -0.2) is 22.4 Å². The van der Waals surface area contributed by atoms with Crippen LogP contribution in [0.25, 0.3) is 11.0 Å². The summed E-state index contributed by atoms with van der Waals surface area (Å²) in [6.45, 7) is 2.04. The molecule has 0 aliphatic rings. The second-order valence-electron chi connectivity index (χ2n) is 5.78. The lowest BCUT2D eigenvalue weighted by atomic mass is 10.0. The molecule has 3 rings (SSSR count). The fraction of sp³-hybridized carbons (Fsp3) is 0.158. The maximum atomic E-state index is 7.38. The second-order valence-corrected chi connectivity index (χ2v) is 6.22. The van der Waals surface area contributed by atoms with Crippen LogP contribution in [0.1, 0.15) is 30.0 Å². The molecule has 126 valence electrons. The van der Waals surface area contributed by atoms with E-state index >= 15 is 0 Å². The molecule has 3 N–H and O–H groups in total. The van der Waals surface area contributed by atoms with E-state index in [2.05, 4.69) is 15.3 Å². The summed E-state index contributed by atoms with van der Waals surface area (Å²) in [6.07, 6.45) is 4.17. The number of anilines is 1. The van der Waals surface area contributed by atoms with Crippen molar-refractivity contribution in [2.75, 3.05) is 5.32 Å². The van der Waals surface area contributed by atoms with Crippen molar-refractivity contribution in [2.24, 2.45) is 0 Å². The summed E-state index contributed by atoms with van der Waals surface area (Å²) in [5.41, 5.74) is 3.44. The highest BCUT2D eigenvalue weighted by molar-refractivity contribution is 6.30. The van der Waals surface area contributed by atoms with Gasteiger partial charge < -0.3 is 16.1 Å². The number of aromatic nitrogens is 2. The zero-order valence-corrected chi connectivity index (χ0v) is 14.5. The van der Waals surface area contributed by atoms with Crippen LogP contribution in [-0.2, 0) is 0 Å². The first-order valence-electron chi connectivity index (χ1n) is 7.90. The molecule has 0 aliphatic carbocycles. The van der Waals surface area contributed by atoms with Crippen LogP contribution >= 0.6 is 11.6 Å². The maximum Gasteiger partial charge on any atom is 0.145 e. The predicted octanol–water partition coefficient (Wildman–Crippen LogP) is 4.84. The quantitative estimate of drug-likeness (QED) is 0.555. The Morgan fingerprint density at radius 2 is 1.84 bits per heavy atom. The number of fused-ring (bicyclic) bond motifs is 1. The fourth-order valence-corrected chi connectivity index (χ4v) is 2.82. The van der Waals surface area contributed by atoms with Gasteiger partial charge in [0.25, 0.3) is 0 Å². The average molecular weight is 352 g/mol. The number of nitrogens with one attached hydrogen (secondary N) is 3. The molecular weight excluding hydrogens is 334 g/mol. The lowest BCUT2D eigenvalue weighted by Gasteiger charge is -2.15. The van der Waals surface area contributed by atoms with E-state index in [0.29, 0.717) is 10.8 Å². The number of rotatable bonds is 6. The van der Waals surface area contributed by atoms with Gasteiger partial charge in [0.2, 0.25) is 0 Å². The highest BCUT2D eigenvalue weighted by Crippen LogP contribution is 2.23. The first-order chi connectivity index (χ1) is 12.1. The minimum Gasteiger partial charge on any atom is -0.362 e. The minimum atomic E-state index is -0.327. The third-order valence-corrected chi connectivity index (χ3v) is 4.26. The lowest BCUT2D eigenvalue weighted by molar-refractivity contribution is 0.874. The van der Waals surface area contributed by atoms with E-state index < -0.39 is 0 Å². The lowest BCUT2D eigenvalue weighted by Crippen LogP contribution is -2.08. The van der Waals surface area contributed by atoms with Crippen molar-refractivity contribution in [1.82, 2.24) is 9.97 Å². The van der Waals surface area contributed by atoms with E-state index in [0.717, 1.165) is 22.2 Å². The van der Waals surface area contributed by atoms with Crippen LogP contribution in [0.2, 0.25) is 5.02 Å². The molecule has 3 aromatic rings. The summed E-state index contributed by atoms with van der Waals surface area (Å²) in [7, 11) is 0. The standard InChI is InChI=1S/C19H18ClN5/c1-12(13-3-2-4-16(20)7-13)24-19-11-23-18-8-14(15(9-21)10-22)5-6-17(18)25-19/h2-12,15,21-22H,1H3,(H,24,25).